The molecule has 3 N–H and O–H groups in total. The molecule has 3 rings (SSSR count). The average molecular weight is 285 g/mol. The molecule has 0 fully saturated rings. The molecule has 0 saturated carbocycles. The highest BCUT2D eigenvalue weighted by atomic mass is 16.2. The molecule has 2 amide bonds. The highest BCUT2D eigenvalue weighted by Gasteiger charge is 2.16. The predicted octanol–water partition coefficient (Wildman–Crippen LogP) is 1.52. The van der Waals surface area contributed by atoms with Crippen LogP contribution in [0.3, 0.4) is 0 Å². The fraction of sp³-hybridized carbons (Fsp3) is 0.375. The summed E-state index contributed by atoms with van der Waals surface area (Å²) >= 11 is 0. The van der Waals surface area contributed by atoms with E-state index in [0.29, 0.717) is 5.56 Å². The van der Waals surface area contributed by atoms with Crippen LogP contribution < -0.4 is 10.6 Å². The third-order valence-corrected chi connectivity index (χ3v) is 4.05. The van der Waals surface area contributed by atoms with E-state index < -0.39 is 0 Å². The summed E-state index contributed by atoms with van der Waals surface area (Å²) in [5.41, 5.74) is 4.33. The molecule has 0 unspecified atom stereocenters. The van der Waals surface area contributed by atoms with Gasteiger partial charge in [0.1, 0.15) is 0 Å². The SMILES string of the molecule is CNC(=O)CNC(=O)c1ccc2[nH]c3c(c2c1)CCCC3. The van der Waals surface area contributed by atoms with E-state index in [2.05, 4.69) is 15.6 Å². The lowest BCUT2D eigenvalue weighted by Gasteiger charge is -2.10. The molecule has 0 atom stereocenters. The molecule has 1 heterocycles. The van der Waals surface area contributed by atoms with Gasteiger partial charge in [0.25, 0.3) is 5.91 Å². The van der Waals surface area contributed by atoms with Crippen LogP contribution in [0.4, 0.5) is 0 Å². The third-order valence-electron chi connectivity index (χ3n) is 4.05. The molecule has 1 aliphatic carbocycles. The lowest BCUT2D eigenvalue weighted by Crippen LogP contribution is -2.35. The molecule has 2 aromatic rings. The van der Waals surface area contributed by atoms with Gasteiger partial charge >= 0.3 is 0 Å². The summed E-state index contributed by atoms with van der Waals surface area (Å²) in [7, 11) is 1.55. The minimum absolute atomic E-state index is 0.00137. The summed E-state index contributed by atoms with van der Waals surface area (Å²) in [5.74, 6) is -0.422. The predicted molar refractivity (Wildman–Crippen MR) is 81.3 cm³/mol. The quantitative estimate of drug-likeness (QED) is 0.800. The number of aromatic nitrogens is 1. The second kappa shape index (κ2) is 5.60. The highest BCUT2D eigenvalue weighted by Crippen LogP contribution is 2.29. The normalized spacial score (nSPS) is 13.8. The van der Waals surface area contributed by atoms with Gasteiger partial charge in [-0.05, 0) is 49.4 Å². The Morgan fingerprint density at radius 3 is 2.86 bits per heavy atom. The Morgan fingerprint density at radius 1 is 1.24 bits per heavy atom. The Bertz CT molecular complexity index is 703. The monoisotopic (exact) mass is 285 g/mol. The summed E-state index contributed by atoms with van der Waals surface area (Å²) in [6.07, 6.45) is 4.58. The standard InChI is InChI=1S/C16H19N3O2/c1-17-15(20)9-18-16(21)10-6-7-14-12(8-10)11-4-2-3-5-13(11)19-14/h6-8,19H,2-5,9H2,1H3,(H,17,20)(H,18,21). The molecule has 0 spiro atoms. The molecule has 5 heteroatoms. The summed E-state index contributed by atoms with van der Waals surface area (Å²) in [4.78, 5) is 26.7. The van der Waals surface area contributed by atoms with E-state index in [9.17, 15) is 9.59 Å². The van der Waals surface area contributed by atoms with Crippen molar-refractivity contribution < 1.29 is 9.59 Å². The zero-order chi connectivity index (χ0) is 14.8. The zero-order valence-electron chi connectivity index (χ0n) is 12.1. The molecule has 0 aliphatic heterocycles. The van der Waals surface area contributed by atoms with Crippen LogP contribution in [-0.2, 0) is 17.6 Å². The first-order valence-electron chi connectivity index (χ1n) is 7.31. The van der Waals surface area contributed by atoms with Gasteiger partial charge in [-0.25, -0.2) is 0 Å². The molecule has 110 valence electrons. The van der Waals surface area contributed by atoms with Crippen molar-refractivity contribution in [2.45, 2.75) is 25.7 Å². The van der Waals surface area contributed by atoms with Crippen LogP contribution in [0, 0.1) is 0 Å². The van der Waals surface area contributed by atoms with Crippen molar-refractivity contribution in [2.24, 2.45) is 0 Å². The number of carbonyl (C=O) groups excluding carboxylic acids is 2. The van der Waals surface area contributed by atoms with E-state index in [4.69, 9.17) is 0 Å². The molecule has 0 bridgehead atoms. The maximum atomic E-state index is 12.1. The Labute approximate surface area is 123 Å². The topological polar surface area (TPSA) is 74.0 Å². The van der Waals surface area contributed by atoms with Gasteiger partial charge in [0.15, 0.2) is 0 Å². The van der Waals surface area contributed by atoms with Crippen molar-refractivity contribution in [3.63, 3.8) is 0 Å². The Balaban J connectivity index is 1.86. The number of rotatable bonds is 3. The Morgan fingerprint density at radius 2 is 2.05 bits per heavy atom. The smallest absolute Gasteiger partial charge is 0.251 e. The second-order valence-electron chi connectivity index (χ2n) is 5.41. The third kappa shape index (κ3) is 2.63. The number of nitrogens with one attached hydrogen (secondary N) is 3. The fourth-order valence-corrected chi connectivity index (χ4v) is 2.90. The maximum absolute atomic E-state index is 12.1. The largest absolute Gasteiger partial charge is 0.358 e. The number of aryl methyl sites for hydroxylation is 2. The van der Waals surface area contributed by atoms with Crippen molar-refractivity contribution in [2.75, 3.05) is 13.6 Å². The number of likely N-dealkylation sites (N-methyl/N-ethyl adjacent to an activating group) is 1. The van der Waals surface area contributed by atoms with Gasteiger partial charge in [-0.1, -0.05) is 0 Å². The Kier molecular flexibility index (Phi) is 3.64. The molecule has 0 radical (unpaired) electrons. The van der Waals surface area contributed by atoms with Gasteiger partial charge in [-0.3, -0.25) is 9.59 Å². The van der Waals surface area contributed by atoms with Gasteiger partial charge in [0.2, 0.25) is 5.91 Å². The number of fused-ring (bicyclic) bond motifs is 3. The molecule has 5 nitrogen and oxygen atoms in total. The summed E-state index contributed by atoms with van der Waals surface area (Å²) < 4.78 is 0. The minimum atomic E-state index is -0.216. The maximum Gasteiger partial charge on any atom is 0.251 e. The highest BCUT2D eigenvalue weighted by molar-refractivity contribution is 6.00. The van der Waals surface area contributed by atoms with E-state index in [-0.39, 0.29) is 18.4 Å². The summed E-state index contributed by atoms with van der Waals surface area (Å²) in [6, 6.07) is 5.67. The lowest BCUT2D eigenvalue weighted by atomic mass is 9.95. The number of H-pyrrole nitrogens is 1. The van der Waals surface area contributed by atoms with Gasteiger partial charge in [-0.15, -0.1) is 0 Å². The van der Waals surface area contributed by atoms with Gasteiger partial charge in [-0.2, -0.15) is 0 Å². The second-order valence-corrected chi connectivity index (χ2v) is 5.41. The molecule has 0 saturated heterocycles. The Hall–Kier alpha value is -2.30. The number of aromatic amines is 1. The molecular formula is C16H19N3O2. The van der Waals surface area contributed by atoms with Crippen LogP contribution in [0.2, 0.25) is 0 Å². The van der Waals surface area contributed by atoms with E-state index >= 15 is 0 Å². The molecule has 21 heavy (non-hydrogen) atoms. The summed E-state index contributed by atoms with van der Waals surface area (Å²) in [6.45, 7) is -0.00137. The molecule has 1 aliphatic rings. The van der Waals surface area contributed by atoms with Gasteiger partial charge < -0.3 is 15.6 Å². The van der Waals surface area contributed by atoms with Crippen molar-refractivity contribution in [3.8, 4) is 0 Å². The van der Waals surface area contributed by atoms with E-state index in [1.165, 1.54) is 24.1 Å². The number of carbonyl (C=O) groups is 2. The molecule has 1 aromatic carbocycles. The average Bonchev–Trinajstić information content (AvgIpc) is 2.90. The first kappa shape index (κ1) is 13.7. The van der Waals surface area contributed by atoms with Crippen molar-refractivity contribution in [1.29, 1.82) is 0 Å². The zero-order valence-corrected chi connectivity index (χ0v) is 12.1. The van der Waals surface area contributed by atoms with E-state index in [1.807, 2.05) is 12.1 Å². The minimum Gasteiger partial charge on any atom is -0.358 e. The number of amides is 2. The molecular weight excluding hydrogens is 266 g/mol. The van der Waals surface area contributed by atoms with Crippen molar-refractivity contribution in [3.05, 3.63) is 35.0 Å². The van der Waals surface area contributed by atoms with Crippen molar-refractivity contribution >= 4 is 22.7 Å². The lowest BCUT2D eigenvalue weighted by molar-refractivity contribution is -0.119. The fourth-order valence-electron chi connectivity index (χ4n) is 2.90. The number of hydrogen-bond acceptors (Lipinski definition) is 2. The van der Waals surface area contributed by atoms with Crippen LogP contribution in [-0.4, -0.2) is 30.4 Å². The number of hydrogen-bond donors (Lipinski definition) is 3. The molecule has 1 aromatic heterocycles. The van der Waals surface area contributed by atoms with Crippen LogP contribution in [0.25, 0.3) is 10.9 Å². The first-order chi connectivity index (χ1) is 10.2. The first-order valence-corrected chi connectivity index (χ1v) is 7.31. The van der Waals surface area contributed by atoms with Gasteiger partial charge in [0.05, 0.1) is 6.54 Å². The van der Waals surface area contributed by atoms with Crippen LogP contribution in [0.1, 0.15) is 34.5 Å². The van der Waals surface area contributed by atoms with E-state index in [1.54, 1.807) is 13.1 Å². The van der Waals surface area contributed by atoms with Crippen LogP contribution >= 0.6 is 0 Å². The van der Waals surface area contributed by atoms with E-state index in [0.717, 1.165) is 23.7 Å². The van der Waals surface area contributed by atoms with Crippen LogP contribution in [0.5, 0.6) is 0 Å². The van der Waals surface area contributed by atoms with Crippen LogP contribution in [0.15, 0.2) is 18.2 Å². The van der Waals surface area contributed by atoms with Crippen molar-refractivity contribution in [1.82, 2.24) is 15.6 Å². The van der Waals surface area contributed by atoms with Gasteiger partial charge in [0, 0.05) is 29.2 Å². The number of benzene rings is 1. The summed E-state index contributed by atoms with van der Waals surface area (Å²) in [5, 5.41) is 6.24.